The summed E-state index contributed by atoms with van der Waals surface area (Å²) in [6.45, 7) is 0.435. The number of alkyl halides is 2. The number of hydrogen-bond donors (Lipinski definition) is 4. The average molecular weight is 456 g/mol. The molecule has 4 N–H and O–H groups in total. The molecule has 31 heavy (non-hydrogen) atoms. The molecule has 0 aliphatic rings. The van der Waals surface area contributed by atoms with Crippen LogP contribution in [0.15, 0.2) is 29.1 Å². The van der Waals surface area contributed by atoms with Crippen LogP contribution >= 0.6 is 12.4 Å². The maximum atomic E-state index is 12.7. The van der Waals surface area contributed by atoms with E-state index in [1.807, 2.05) is 29.8 Å². The van der Waals surface area contributed by atoms with Crippen molar-refractivity contribution in [2.75, 3.05) is 13.3 Å². The fraction of sp³-hybridized carbons (Fsp3) is 0.333. The summed E-state index contributed by atoms with van der Waals surface area (Å²) in [4.78, 5) is 26.1. The van der Waals surface area contributed by atoms with Crippen LogP contribution in [0.3, 0.4) is 0 Å². The number of pyridine rings is 1. The zero-order valence-electron chi connectivity index (χ0n) is 17.0. The second-order valence-corrected chi connectivity index (χ2v) is 7.04. The molecular weight excluding hydrogens is 432 g/mol. The number of nitrogens with zero attached hydrogens (tertiary/aromatic N) is 1. The molecule has 2 heterocycles. The number of aromatic carboxylic acids is 1. The van der Waals surface area contributed by atoms with E-state index in [4.69, 9.17) is 0 Å². The Morgan fingerprint density at radius 1 is 1.26 bits per heavy atom. The van der Waals surface area contributed by atoms with Crippen LogP contribution in [0.1, 0.15) is 28.5 Å². The van der Waals surface area contributed by atoms with E-state index in [1.165, 1.54) is 0 Å². The Labute approximate surface area is 183 Å². The van der Waals surface area contributed by atoms with Crippen LogP contribution < -0.4 is 10.9 Å². The molecule has 0 spiro atoms. The number of carboxylic acid groups (broad SMARTS) is 1. The number of fused-ring (bicyclic) bond motifs is 1. The summed E-state index contributed by atoms with van der Waals surface area (Å²) in [5.74, 6) is -2.03. The molecule has 0 fully saturated rings. The predicted octanol–water partition coefficient (Wildman–Crippen LogP) is 3.32. The molecule has 10 heteroatoms. The minimum absolute atomic E-state index is 0. The van der Waals surface area contributed by atoms with Gasteiger partial charge in [0.15, 0.2) is 5.56 Å². The van der Waals surface area contributed by atoms with Gasteiger partial charge < -0.3 is 25.1 Å². The number of aryl methyl sites for hydroxylation is 1. The van der Waals surface area contributed by atoms with Crippen molar-refractivity contribution in [1.29, 1.82) is 0 Å². The van der Waals surface area contributed by atoms with Gasteiger partial charge in [0.05, 0.1) is 11.7 Å². The Morgan fingerprint density at radius 3 is 2.52 bits per heavy atom. The van der Waals surface area contributed by atoms with E-state index in [9.17, 15) is 28.6 Å². The second-order valence-electron chi connectivity index (χ2n) is 7.04. The molecule has 0 bridgehead atoms. The highest BCUT2D eigenvalue weighted by Gasteiger charge is 2.22. The summed E-state index contributed by atoms with van der Waals surface area (Å²) in [6.07, 6.45) is 0.314. The molecule has 168 valence electrons. The van der Waals surface area contributed by atoms with E-state index in [0.29, 0.717) is 23.2 Å². The zero-order chi connectivity index (χ0) is 22.0. The van der Waals surface area contributed by atoms with Crippen LogP contribution in [-0.4, -0.2) is 45.1 Å². The number of nitrogens with one attached hydrogen (secondary N) is 2. The first-order valence-corrected chi connectivity index (χ1v) is 9.47. The number of H-pyrrole nitrogens is 1. The Balaban J connectivity index is 0.00000341. The second kappa shape index (κ2) is 9.93. The standard InChI is InChI=1S/C21H23F2N3O4.ClH/c1-3-15-18(25-20(28)17(19(15)27)21(29)30)11-4-5-16-12(6-11)7-14(26(16)2)10-24-13(8-22)9-23;/h4-7,13,24H,3,8-10H2,1-2H3,(H,29,30)(H2,25,27,28);1H. The van der Waals surface area contributed by atoms with Crippen molar-refractivity contribution in [2.24, 2.45) is 7.05 Å². The minimum Gasteiger partial charge on any atom is -0.506 e. The summed E-state index contributed by atoms with van der Waals surface area (Å²) in [6, 6.07) is 6.41. The van der Waals surface area contributed by atoms with E-state index in [0.717, 1.165) is 16.6 Å². The van der Waals surface area contributed by atoms with Gasteiger partial charge in [0.1, 0.15) is 19.1 Å². The molecule has 0 aliphatic heterocycles. The molecule has 0 aliphatic carbocycles. The highest BCUT2D eigenvalue weighted by Crippen LogP contribution is 2.32. The summed E-state index contributed by atoms with van der Waals surface area (Å²) in [5, 5.41) is 23.2. The van der Waals surface area contributed by atoms with Crippen molar-refractivity contribution < 1.29 is 23.8 Å². The molecule has 2 aromatic heterocycles. The molecule has 3 rings (SSSR count). The van der Waals surface area contributed by atoms with Gasteiger partial charge >= 0.3 is 5.97 Å². The van der Waals surface area contributed by atoms with Gasteiger partial charge in [-0.05, 0) is 30.2 Å². The zero-order valence-corrected chi connectivity index (χ0v) is 17.9. The van der Waals surface area contributed by atoms with Gasteiger partial charge in [-0.3, -0.25) is 4.79 Å². The van der Waals surface area contributed by atoms with E-state index in [1.54, 1.807) is 13.0 Å². The van der Waals surface area contributed by atoms with E-state index in [2.05, 4.69) is 10.3 Å². The molecule has 0 radical (unpaired) electrons. The molecular formula is C21H24ClF2N3O4. The predicted molar refractivity (Wildman–Crippen MR) is 117 cm³/mol. The van der Waals surface area contributed by atoms with Crippen molar-refractivity contribution in [2.45, 2.75) is 25.9 Å². The Kier molecular flexibility index (Phi) is 7.80. The quantitative estimate of drug-likeness (QED) is 0.417. The van der Waals surface area contributed by atoms with Crippen molar-refractivity contribution in [3.05, 3.63) is 51.4 Å². The lowest BCUT2D eigenvalue weighted by molar-refractivity contribution is 0.0691. The molecule has 0 saturated carbocycles. The summed E-state index contributed by atoms with van der Waals surface area (Å²) < 4.78 is 27.3. The van der Waals surface area contributed by atoms with Gasteiger partial charge in [-0.15, -0.1) is 12.4 Å². The van der Waals surface area contributed by atoms with Crippen LogP contribution in [0.5, 0.6) is 5.75 Å². The monoisotopic (exact) mass is 455 g/mol. The maximum Gasteiger partial charge on any atom is 0.345 e. The molecule has 3 aromatic rings. The highest BCUT2D eigenvalue weighted by molar-refractivity contribution is 5.92. The first-order chi connectivity index (χ1) is 14.3. The van der Waals surface area contributed by atoms with E-state index < -0.39 is 42.2 Å². The number of aromatic hydroxyl groups is 1. The van der Waals surface area contributed by atoms with Crippen LogP contribution in [0.2, 0.25) is 0 Å². The topological polar surface area (TPSA) is 107 Å². The number of aromatic amines is 1. The van der Waals surface area contributed by atoms with Gasteiger partial charge in [-0.25, -0.2) is 13.6 Å². The van der Waals surface area contributed by atoms with Crippen LogP contribution in [0.4, 0.5) is 8.78 Å². The number of hydrogen-bond acceptors (Lipinski definition) is 4. The van der Waals surface area contributed by atoms with Gasteiger partial charge in [0, 0.05) is 35.8 Å². The minimum atomic E-state index is -1.49. The normalized spacial score (nSPS) is 11.1. The third kappa shape index (κ3) is 4.57. The SMILES string of the molecule is CCc1c(-c2ccc3c(c2)cc(CNC(CF)CF)n3C)[nH]c(=O)c(C(=O)O)c1O.Cl. The number of carbonyl (C=O) groups is 1. The Hall–Kier alpha value is -2.91. The average Bonchev–Trinajstić information content (AvgIpc) is 3.03. The lowest BCUT2D eigenvalue weighted by Gasteiger charge is -2.12. The summed E-state index contributed by atoms with van der Waals surface area (Å²) >= 11 is 0. The first-order valence-electron chi connectivity index (χ1n) is 9.47. The van der Waals surface area contributed by atoms with Gasteiger partial charge in [-0.1, -0.05) is 13.0 Å². The number of halogens is 3. The highest BCUT2D eigenvalue weighted by atomic mass is 35.5. The number of aromatic nitrogens is 2. The number of benzene rings is 1. The van der Waals surface area contributed by atoms with Crippen LogP contribution in [0, 0.1) is 0 Å². The van der Waals surface area contributed by atoms with E-state index >= 15 is 0 Å². The van der Waals surface area contributed by atoms with Crippen LogP contribution in [-0.2, 0) is 20.0 Å². The Bertz CT molecular complexity index is 1160. The Morgan fingerprint density at radius 2 is 1.94 bits per heavy atom. The van der Waals surface area contributed by atoms with Crippen molar-refractivity contribution in [3.8, 4) is 17.0 Å². The lowest BCUT2D eigenvalue weighted by atomic mass is 9.99. The molecule has 1 aromatic carbocycles. The van der Waals surface area contributed by atoms with Crippen molar-refractivity contribution in [1.82, 2.24) is 14.9 Å². The largest absolute Gasteiger partial charge is 0.506 e. The molecule has 0 unspecified atom stereocenters. The molecule has 0 atom stereocenters. The summed E-state index contributed by atoms with van der Waals surface area (Å²) in [7, 11) is 1.84. The van der Waals surface area contributed by atoms with E-state index in [-0.39, 0.29) is 19.0 Å². The van der Waals surface area contributed by atoms with Gasteiger partial charge in [0.25, 0.3) is 5.56 Å². The maximum absolute atomic E-state index is 12.7. The molecule has 0 saturated heterocycles. The number of rotatable bonds is 8. The van der Waals surface area contributed by atoms with Crippen molar-refractivity contribution >= 4 is 29.3 Å². The first kappa shape index (κ1) is 24.4. The molecule has 7 nitrogen and oxygen atoms in total. The third-order valence-corrected chi connectivity index (χ3v) is 5.23. The fourth-order valence-electron chi connectivity index (χ4n) is 3.55. The lowest BCUT2D eigenvalue weighted by Crippen LogP contribution is -2.32. The third-order valence-electron chi connectivity index (χ3n) is 5.23. The fourth-order valence-corrected chi connectivity index (χ4v) is 3.55. The molecule has 0 amide bonds. The number of carboxylic acids is 1. The van der Waals surface area contributed by atoms with Crippen LogP contribution in [0.25, 0.3) is 22.2 Å². The van der Waals surface area contributed by atoms with Crippen molar-refractivity contribution in [3.63, 3.8) is 0 Å². The summed E-state index contributed by atoms with van der Waals surface area (Å²) in [5.41, 5.74) is 1.43. The van der Waals surface area contributed by atoms with Gasteiger partial charge in [0.2, 0.25) is 0 Å². The van der Waals surface area contributed by atoms with Gasteiger partial charge in [-0.2, -0.15) is 0 Å². The smallest absolute Gasteiger partial charge is 0.345 e.